The van der Waals surface area contributed by atoms with Crippen LogP contribution >= 0.6 is 12.4 Å². The van der Waals surface area contributed by atoms with Crippen molar-refractivity contribution in [2.24, 2.45) is 0 Å². The molecule has 0 aliphatic carbocycles. The largest absolute Gasteiger partial charge is 0.336 e. The van der Waals surface area contributed by atoms with Gasteiger partial charge < -0.3 is 10.2 Å². The lowest BCUT2D eigenvalue weighted by molar-refractivity contribution is 0.0759. The number of hydrogen-bond acceptors (Lipinski definition) is 4. The van der Waals surface area contributed by atoms with Crippen LogP contribution in [0.4, 0.5) is 0 Å². The first-order valence-corrected chi connectivity index (χ1v) is 9.97. The van der Waals surface area contributed by atoms with Crippen molar-refractivity contribution >= 4 is 18.3 Å². The molecule has 1 aromatic carbocycles. The zero-order chi connectivity index (χ0) is 19.4. The molecule has 1 amide bonds. The quantitative estimate of drug-likeness (QED) is 0.846. The van der Waals surface area contributed by atoms with Crippen molar-refractivity contribution in [1.82, 2.24) is 25.2 Å². The van der Waals surface area contributed by atoms with Crippen molar-refractivity contribution in [3.8, 4) is 5.69 Å². The summed E-state index contributed by atoms with van der Waals surface area (Å²) in [5.74, 6) is -0.000267. The summed E-state index contributed by atoms with van der Waals surface area (Å²) in [5, 5.41) is 12.0. The predicted molar refractivity (Wildman–Crippen MR) is 115 cm³/mol. The molecular weight excluding hydrogens is 374 g/mol. The van der Waals surface area contributed by atoms with Gasteiger partial charge in [-0.15, -0.1) is 17.5 Å². The molecule has 1 aromatic heterocycles. The monoisotopic (exact) mass is 405 g/mol. The average molecular weight is 406 g/mol. The first-order chi connectivity index (χ1) is 12.9. The Labute approximate surface area is 174 Å². The summed E-state index contributed by atoms with van der Waals surface area (Å²) in [7, 11) is 0. The van der Waals surface area contributed by atoms with E-state index in [0.29, 0.717) is 5.69 Å². The van der Waals surface area contributed by atoms with Crippen molar-refractivity contribution < 1.29 is 4.79 Å². The summed E-state index contributed by atoms with van der Waals surface area (Å²) in [6, 6.07) is 8.40. The standard InChI is InChI=1S/C21H31N5O.ClH/c1-5-7-18-19(20(27)25-14-6-12-22-13-15-25)23-24-26(18)17-10-8-16(9-11-17)21(2,3)4;/h8-11,22H,5-7,12-15H2,1-4H3;1H. The van der Waals surface area contributed by atoms with Crippen LogP contribution in [0.5, 0.6) is 0 Å². The lowest BCUT2D eigenvalue weighted by Gasteiger charge is -2.20. The van der Waals surface area contributed by atoms with Crippen LogP contribution in [-0.4, -0.2) is 52.0 Å². The van der Waals surface area contributed by atoms with Gasteiger partial charge in [-0.05, 0) is 42.5 Å². The van der Waals surface area contributed by atoms with Gasteiger partial charge in [0, 0.05) is 19.6 Å². The van der Waals surface area contributed by atoms with E-state index >= 15 is 0 Å². The number of rotatable bonds is 4. The molecule has 6 nitrogen and oxygen atoms in total. The van der Waals surface area contributed by atoms with Gasteiger partial charge >= 0.3 is 0 Å². The number of benzene rings is 1. The van der Waals surface area contributed by atoms with Crippen molar-refractivity contribution in [3.05, 3.63) is 41.2 Å². The number of carbonyl (C=O) groups excluding carboxylic acids is 1. The summed E-state index contributed by atoms with van der Waals surface area (Å²) in [4.78, 5) is 15.0. The number of nitrogens with one attached hydrogen (secondary N) is 1. The zero-order valence-corrected chi connectivity index (χ0v) is 18.2. The van der Waals surface area contributed by atoms with Gasteiger partial charge in [-0.3, -0.25) is 4.79 Å². The molecule has 0 spiro atoms. The molecule has 1 saturated heterocycles. The summed E-state index contributed by atoms with van der Waals surface area (Å²) in [5.41, 5.74) is 3.74. The summed E-state index contributed by atoms with van der Waals surface area (Å²) in [6.45, 7) is 12.0. The minimum absolute atomic E-state index is 0. The topological polar surface area (TPSA) is 63.1 Å². The second-order valence-electron chi connectivity index (χ2n) is 8.24. The van der Waals surface area contributed by atoms with E-state index in [1.165, 1.54) is 5.56 Å². The Kier molecular flexibility index (Phi) is 7.61. The van der Waals surface area contributed by atoms with E-state index in [9.17, 15) is 4.79 Å². The smallest absolute Gasteiger partial charge is 0.276 e. The third-order valence-corrected chi connectivity index (χ3v) is 5.06. The molecule has 0 atom stereocenters. The Morgan fingerprint density at radius 1 is 1.14 bits per heavy atom. The maximum Gasteiger partial charge on any atom is 0.276 e. The highest BCUT2D eigenvalue weighted by Crippen LogP contribution is 2.24. The molecule has 28 heavy (non-hydrogen) atoms. The molecule has 1 aliphatic rings. The Hall–Kier alpha value is -1.92. The number of halogens is 1. The van der Waals surface area contributed by atoms with E-state index in [4.69, 9.17) is 0 Å². The normalized spacial score (nSPS) is 15.1. The number of carbonyl (C=O) groups is 1. The zero-order valence-electron chi connectivity index (χ0n) is 17.4. The molecule has 1 aliphatic heterocycles. The molecular formula is C21H32ClN5O. The highest BCUT2D eigenvalue weighted by atomic mass is 35.5. The maximum atomic E-state index is 13.1. The predicted octanol–water partition coefficient (Wildman–Crippen LogP) is 3.37. The minimum atomic E-state index is -0.000267. The molecule has 3 rings (SSSR count). The van der Waals surface area contributed by atoms with Crippen LogP contribution < -0.4 is 5.32 Å². The van der Waals surface area contributed by atoms with Crippen molar-refractivity contribution in [1.29, 1.82) is 0 Å². The molecule has 0 saturated carbocycles. The maximum absolute atomic E-state index is 13.1. The van der Waals surface area contributed by atoms with Gasteiger partial charge in [0.15, 0.2) is 5.69 Å². The average Bonchev–Trinajstić information content (AvgIpc) is 2.87. The van der Waals surface area contributed by atoms with Gasteiger partial charge in [0.2, 0.25) is 0 Å². The summed E-state index contributed by atoms with van der Waals surface area (Å²) in [6.07, 6.45) is 2.69. The third-order valence-electron chi connectivity index (χ3n) is 5.06. The van der Waals surface area contributed by atoms with E-state index in [1.807, 2.05) is 9.58 Å². The van der Waals surface area contributed by atoms with Gasteiger partial charge in [0.1, 0.15) is 0 Å². The Morgan fingerprint density at radius 3 is 2.50 bits per heavy atom. The minimum Gasteiger partial charge on any atom is -0.336 e. The number of aromatic nitrogens is 3. The Morgan fingerprint density at radius 2 is 1.86 bits per heavy atom. The molecule has 7 heteroatoms. The van der Waals surface area contributed by atoms with Gasteiger partial charge in [0.25, 0.3) is 5.91 Å². The van der Waals surface area contributed by atoms with E-state index in [-0.39, 0.29) is 23.7 Å². The van der Waals surface area contributed by atoms with Crippen LogP contribution in [-0.2, 0) is 11.8 Å². The van der Waals surface area contributed by atoms with Crippen LogP contribution in [0.25, 0.3) is 5.69 Å². The van der Waals surface area contributed by atoms with E-state index < -0.39 is 0 Å². The molecule has 2 heterocycles. The van der Waals surface area contributed by atoms with Gasteiger partial charge in [-0.2, -0.15) is 0 Å². The SMILES string of the molecule is CCCc1c(C(=O)N2CCCNCC2)nnn1-c1ccc(C(C)(C)C)cc1.Cl. The fourth-order valence-electron chi connectivity index (χ4n) is 3.44. The van der Waals surface area contributed by atoms with Gasteiger partial charge in [-0.1, -0.05) is 51.5 Å². The Bertz CT molecular complexity index is 771. The second-order valence-corrected chi connectivity index (χ2v) is 8.24. The third kappa shape index (κ3) is 4.92. The van der Waals surface area contributed by atoms with Crippen LogP contribution in [0.3, 0.4) is 0 Å². The second kappa shape index (κ2) is 9.52. The molecule has 2 aromatic rings. The van der Waals surface area contributed by atoms with Crippen LogP contribution in [0.1, 0.15) is 62.3 Å². The van der Waals surface area contributed by atoms with E-state index in [2.05, 4.69) is 67.6 Å². The van der Waals surface area contributed by atoms with Crippen LogP contribution in [0.15, 0.2) is 24.3 Å². The first kappa shape index (κ1) is 22.4. The molecule has 0 radical (unpaired) electrons. The molecule has 1 N–H and O–H groups in total. The van der Waals surface area contributed by atoms with E-state index in [1.54, 1.807) is 0 Å². The molecule has 154 valence electrons. The van der Waals surface area contributed by atoms with Gasteiger partial charge in [-0.25, -0.2) is 4.68 Å². The molecule has 0 bridgehead atoms. The first-order valence-electron chi connectivity index (χ1n) is 9.97. The fraction of sp³-hybridized carbons (Fsp3) is 0.571. The number of nitrogens with zero attached hydrogens (tertiary/aromatic N) is 4. The number of amides is 1. The van der Waals surface area contributed by atoms with Gasteiger partial charge in [0.05, 0.1) is 11.4 Å². The van der Waals surface area contributed by atoms with E-state index in [0.717, 1.165) is 56.8 Å². The fourth-order valence-corrected chi connectivity index (χ4v) is 3.44. The summed E-state index contributed by atoms with van der Waals surface area (Å²) < 4.78 is 1.83. The van der Waals surface area contributed by atoms with Crippen LogP contribution in [0, 0.1) is 0 Å². The highest BCUT2D eigenvalue weighted by molar-refractivity contribution is 5.93. The van der Waals surface area contributed by atoms with Crippen molar-refractivity contribution in [2.75, 3.05) is 26.2 Å². The highest BCUT2D eigenvalue weighted by Gasteiger charge is 2.25. The van der Waals surface area contributed by atoms with Crippen LogP contribution in [0.2, 0.25) is 0 Å². The summed E-state index contributed by atoms with van der Waals surface area (Å²) >= 11 is 0. The molecule has 1 fully saturated rings. The van der Waals surface area contributed by atoms with Crippen molar-refractivity contribution in [2.45, 2.75) is 52.4 Å². The molecule has 0 unspecified atom stereocenters. The number of hydrogen-bond donors (Lipinski definition) is 1. The lowest BCUT2D eigenvalue weighted by atomic mass is 9.87. The Balaban J connectivity index is 0.00000280. The van der Waals surface area contributed by atoms with Crippen molar-refractivity contribution in [3.63, 3.8) is 0 Å². The lowest BCUT2D eigenvalue weighted by Crippen LogP contribution is -2.35.